The smallest absolute Gasteiger partial charge is 0.328 e. The van der Waals surface area contributed by atoms with Crippen molar-refractivity contribution >= 4 is 11.7 Å². The second-order valence-corrected chi connectivity index (χ2v) is 4.38. The molecular weight excluding hydrogens is 271 g/mol. The summed E-state index contributed by atoms with van der Waals surface area (Å²) >= 11 is 0. The van der Waals surface area contributed by atoms with Gasteiger partial charge in [-0.15, -0.1) is 0 Å². The third-order valence-corrected chi connectivity index (χ3v) is 2.73. The number of hydrogen-bond donors (Lipinski definition) is 2. The molecule has 0 fully saturated rings. The number of halogens is 3. The number of nitrogens with zero attached hydrogens (tertiary/aromatic N) is 1. The molecule has 1 aromatic rings. The van der Waals surface area contributed by atoms with Crippen molar-refractivity contribution in [3.8, 4) is 0 Å². The lowest BCUT2D eigenvalue weighted by molar-refractivity contribution is -0.137. The predicted molar refractivity (Wildman–Crippen MR) is 71.6 cm³/mol. The SMILES string of the molecule is CNCCCN(C)C(=O)Nc1ccc(C(F)(F)F)cc1. The summed E-state index contributed by atoms with van der Waals surface area (Å²) in [5, 5.41) is 5.51. The number of nitrogens with one attached hydrogen (secondary N) is 2. The molecule has 112 valence electrons. The Labute approximate surface area is 116 Å². The van der Waals surface area contributed by atoms with E-state index in [1.165, 1.54) is 17.0 Å². The van der Waals surface area contributed by atoms with Crippen molar-refractivity contribution in [2.45, 2.75) is 12.6 Å². The number of benzene rings is 1. The van der Waals surface area contributed by atoms with Gasteiger partial charge < -0.3 is 15.5 Å². The first-order chi connectivity index (χ1) is 9.34. The maximum Gasteiger partial charge on any atom is 0.416 e. The van der Waals surface area contributed by atoms with Crippen LogP contribution in [0.15, 0.2) is 24.3 Å². The summed E-state index contributed by atoms with van der Waals surface area (Å²) in [5.74, 6) is 0. The summed E-state index contributed by atoms with van der Waals surface area (Å²) in [7, 11) is 3.46. The van der Waals surface area contributed by atoms with Gasteiger partial charge in [-0.1, -0.05) is 0 Å². The summed E-state index contributed by atoms with van der Waals surface area (Å²) in [4.78, 5) is 13.2. The largest absolute Gasteiger partial charge is 0.416 e. The number of carbonyl (C=O) groups excluding carboxylic acids is 1. The lowest BCUT2D eigenvalue weighted by Crippen LogP contribution is -2.33. The van der Waals surface area contributed by atoms with Gasteiger partial charge in [-0.2, -0.15) is 13.2 Å². The molecule has 2 N–H and O–H groups in total. The first kappa shape index (κ1) is 16.3. The molecule has 4 nitrogen and oxygen atoms in total. The third kappa shape index (κ3) is 5.08. The van der Waals surface area contributed by atoms with Crippen LogP contribution >= 0.6 is 0 Å². The van der Waals surface area contributed by atoms with E-state index < -0.39 is 11.7 Å². The van der Waals surface area contributed by atoms with Crippen molar-refractivity contribution in [2.75, 3.05) is 32.5 Å². The van der Waals surface area contributed by atoms with Gasteiger partial charge in [0.15, 0.2) is 0 Å². The Kier molecular flexibility index (Phi) is 5.82. The van der Waals surface area contributed by atoms with Gasteiger partial charge in [-0.3, -0.25) is 0 Å². The Morgan fingerprint density at radius 3 is 2.35 bits per heavy atom. The van der Waals surface area contributed by atoms with E-state index in [0.717, 1.165) is 25.1 Å². The molecule has 20 heavy (non-hydrogen) atoms. The van der Waals surface area contributed by atoms with Crippen molar-refractivity contribution < 1.29 is 18.0 Å². The lowest BCUT2D eigenvalue weighted by Gasteiger charge is -2.18. The van der Waals surface area contributed by atoms with Crippen LogP contribution in [0.2, 0.25) is 0 Å². The van der Waals surface area contributed by atoms with E-state index in [1.807, 2.05) is 7.05 Å². The molecule has 0 aromatic heterocycles. The van der Waals surface area contributed by atoms with Gasteiger partial charge in [0.05, 0.1) is 5.56 Å². The van der Waals surface area contributed by atoms with E-state index in [0.29, 0.717) is 12.2 Å². The quantitative estimate of drug-likeness (QED) is 0.819. The molecule has 2 amide bonds. The fourth-order valence-corrected chi connectivity index (χ4v) is 1.56. The Hall–Kier alpha value is -1.76. The Morgan fingerprint density at radius 1 is 1.25 bits per heavy atom. The van der Waals surface area contributed by atoms with E-state index in [9.17, 15) is 18.0 Å². The summed E-state index contributed by atoms with van der Waals surface area (Å²) in [6.45, 7) is 1.35. The van der Waals surface area contributed by atoms with Gasteiger partial charge in [0.2, 0.25) is 0 Å². The zero-order chi connectivity index (χ0) is 15.2. The predicted octanol–water partition coefficient (Wildman–Crippen LogP) is 2.78. The molecule has 0 atom stereocenters. The van der Waals surface area contributed by atoms with E-state index in [1.54, 1.807) is 7.05 Å². The highest BCUT2D eigenvalue weighted by atomic mass is 19.4. The summed E-state index contributed by atoms with van der Waals surface area (Å²) in [5.41, 5.74) is -0.402. The highest BCUT2D eigenvalue weighted by Gasteiger charge is 2.29. The topological polar surface area (TPSA) is 44.4 Å². The van der Waals surface area contributed by atoms with E-state index >= 15 is 0 Å². The van der Waals surface area contributed by atoms with Crippen LogP contribution in [0.5, 0.6) is 0 Å². The monoisotopic (exact) mass is 289 g/mol. The second-order valence-electron chi connectivity index (χ2n) is 4.38. The van der Waals surface area contributed by atoms with E-state index in [2.05, 4.69) is 10.6 Å². The molecule has 7 heteroatoms. The van der Waals surface area contributed by atoms with Crippen LogP contribution in [0.1, 0.15) is 12.0 Å². The van der Waals surface area contributed by atoms with Gasteiger partial charge in [0.25, 0.3) is 0 Å². The second kappa shape index (κ2) is 7.14. The molecule has 0 spiro atoms. The summed E-state index contributed by atoms with van der Waals surface area (Å²) in [6, 6.07) is 4.01. The van der Waals surface area contributed by atoms with Crippen molar-refractivity contribution in [3.63, 3.8) is 0 Å². The van der Waals surface area contributed by atoms with Crippen molar-refractivity contribution in [3.05, 3.63) is 29.8 Å². The average Bonchev–Trinajstić information content (AvgIpc) is 2.38. The number of alkyl halides is 3. The van der Waals surface area contributed by atoms with Crippen LogP contribution in [-0.4, -0.2) is 38.1 Å². The van der Waals surface area contributed by atoms with Crippen LogP contribution in [0.25, 0.3) is 0 Å². The Balaban J connectivity index is 2.54. The highest BCUT2D eigenvalue weighted by molar-refractivity contribution is 5.89. The Bertz CT molecular complexity index is 431. The van der Waals surface area contributed by atoms with Crippen LogP contribution in [0.3, 0.4) is 0 Å². The number of rotatable bonds is 5. The van der Waals surface area contributed by atoms with Crippen LogP contribution < -0.4 is 10.6 Å². The van der Waals surface area contributed by atoms with E-state index in [4.69, 9.17) is 0 Å². The number of hydrogen-bond acceptors (Lipinski definition) is 2. The highest BCUT2D eigenvalue weighted by Crippen LogP contribution is 2.29. The minimum Gasteiger partial charge on any atom is -0.328 e. The fraction of sp³-hybridized carbons (Fsp3) is 0.462. The zero-order valence-corrected chi connectivity index (χ0v) is 11.4. The first-order valence-corrected chi connectivity index (χ1v) is 6.18. The molecule has 0 saturated carbocycles. The molecule has 0 aliphatic rings. The first-order valence-electron chi connectivity index (χ1n) is 6.18. The van der Waals surface area contributed by atoms with Crippen LogP contribution in [-0.2, 0) is 6.18 Å². The molecule has 0 heterocycles. The number of urea groups is 1. The number of amides is 2. The third-order valence-electron chi connectivity index (χ3n) is 2.73. The molecule has 0 saturated heterocycles. The minimum absolute atomic E-state index is 0.337. The molecule has 0 unspecified atom stereocenters. The molecule has 0 aliphatic carbocycles. The van der Waals surface area contributed by atoms with Crippen molar-refractivity contribution in [2.24, 2.45) is 0 Å². The molecule has 0 radical (unpaired) electrons. The van der Waals surface area contributed by atoms with Gasteiger partial charge in [0, 0.05) is 19.3 Å². The number of carbonyl (C=O) groups is 1. The van der Waals surface area contributed by atoms with Crippen molar-refractivity contribution in [1.82, 2.24) is 10.2 Å². The minimum atomic E-state index is -4.37. The molecule has 1 rings (SSSR count). The summed E-state index contributed by atoms with van der Waals surface area (Å²) in [6.07, 6.45) is -3.57. The van der Waals surface area contributed by atoms with Crippen molar-refractivity contribution in [1.29, 1.82) is 0 Å². The van der Waals surface area contributed by atoms with Gasteiger partial charge in [0.1, 0.15) is 0 Å². The molecule has 0 aliphatic heterocycles. The van der Waals surface area contributed by atoms with Gasteiger partial charge in [-0.25, -0.2) is 4.79 Å². The number of anilines is 1. The average molecular weight is 289 g/mol. The lowest BCUT2D eigenvalue weighted by atomic mass is 10.2. The molecular formula is C13H18F3N3O. The standard InChI is InChI=1S/C13H18F3N3O/c1-17-8-3-9-19(2)12(20)18-11-6-4-10(5-7-11)13(14,15)16/h4-7,17H,3,8-9H2,1-2H3,(H,18,20). The van der Waals surface area contributed by atoms with Gasteiger partial charge >= 0.3 is 12.2 Å². The van der Waals surface area contributed by atoms with Gasteiger partial charge in [-0.05, 0) is 44.3 Å². The maximum absolute atomic E-state index is 12.4. The summed E-state index contributed by atoms with van der Waals surface area (Å²) < 4.78 is 37.1. The van der Waals surface area contributed by atoms with Crippen LogP contribution in [0.4, 0.5) is 23.7 Å². The molecule has 0 bridgehead atoms. The normalized spacial score (nSPS) is 11.2. The molecule has 1 aromatic carbocycles. The van der Waals surface area contributed by atoms with E-state index in [-0.39, 0.29) is 6.03 Å². The zero-order valence-electron chi connectivity index (χ0n) is 11.4. The maximum atomic E-state index is 12.4. The van der Waals surface area contributed by atoms with Crippen LogP contribution in [0, 0.1) is 0 Å². The Morgan fingerprint density at radius 2 is 1.85 bits per heavy atom. The fourth-order valence-electron chi connectivity index (χ4n) is 1.56.